The second kappa shape index (κ2) is 5.84. The maximum atomic E-state index is 13.7. The van der Waals surface area contributed by atoms with Crippen LogP contribution in [0.3, 0.4) is 0 Å². The number of H-pyrrole nitrogens is 1. The van der Waals surface area contributed by atoms with E-state index in [9.17, 15) is 9.18 Å². The molecule has 3 aromatic rings. The van der Waals surface area contributed by atoms with Crippen LogP contribution in [0.4, 0.5) is 4.39 Å². The monoisotopic (exact) mass is 318 g/mol. The first-order valence-electron chi connectivity index (χ1n) is 6.83. The van der Waals surface area contributed by atoms with Crippen molar-refractivity contribution in [3.05, 3.63) is 46.4 Å². The van der Waals surface area contributed by atoms with E-state index in [-0.39, 0.29) is 17.4 Å². The fourth-order valence-electron chi connectivity index (χ4n) is 2.43. The topological polar surface area (TPSA) is 61.9 Å². The number of nitrogens with one attached hydrogen (secondary N) is 1. The van der Waals surface area contributed by atoms with Gasteiger partial charge in [0.15, 0.2) is 0 Å². The van der Waals surface area contributed by atoms with Crippen molar-refractivity contribution in [2.75, 3.05) is 13.6 Å². The van der Waals surface area contributed by atoms with E-state index in [0.29, 0.717) is 17.6 Å². The summed E-state index contributed by atoms with van der Waals surface area (Å²) in [6.07, 6.45) is 3.21. The van der Waals surface area contributed by atoms with E-state index < -0.39 is 5.82 Å². The smallest absolute Gasteiger partial charge is 0.255 e. The summed E-state index contributed by atoms with van der Waals surface area (Å²) in [5.41, 5.74) is 1.27. The first-order chi connectivity index (χ1) is 10.6. The molecule has 7 heteroatoms. The van der Waals surface area contributed by atoms with E-state index in [1.54, 1.807) is 29.5 Å². The molecule has 22 heavy (non-hydrogen) atoms. The number of nitrogens with zero attached hydrogens (tertiary/aromatic N) is 3. The van der Waals surface area contributed by atoms with Gasteiger partial charge >= 0.3 is 0 Å². The number of thiazole rings is 1. The first-order valence-corrected chi connectivity index (χ1v) is 7.71. The Hall–Kier alpha value is -2.28. The predicted octanol–water partition coefficient (Wildman–Crippen LogP) is 3.03. The standard InChI is InChI=1S/C15H15FN4OS/c1-9(14-17-3-4-22-14)7-20(2)15(21)11-5-10(16)6-12-13(11)19-8-18-12/h3-6,8-9H,7H2,1-2H3,(H,18,19)/t9-/m1/s1. The summed E-state index contributed by atoms with van der Waals surface area (Å²) in [4.78, 5) is 25.4. The van der Waals surface area contributed by atoms with Crippen molar-refractivity contribution in [2.24, 2.45) is 0 Å². The van der Waals surface area contributed by atoms with Gasteiger partial charge < -0.3 is 9.88 Å². The Morgan fingerprint density at radius 3 is 3.00 bits per heavy atom. The van der Waals surface area contributed by atoms with Gasteiger partial charge in [0.05, 0.1) is 22.4 Å². The molecule has 0 aliphatic rings. The van der Waals surface area contributed by atoms with Crippen LogP contribution in [0.15, 0.2) is 30.0 Å². The Bertz CT molecular complexity index is 799. The molecule has 2 heterocycles. The highest BCUT2D eigenvalue weighted by atomic mass is 32.1. The molecule has 0 spiro atoms. The Balaban J connectivity index is 1.84. The van der Waals surface area contributed by atoms with Crippen LogP contribution < -0.4 is 0 Å². The normalized spacial score (nSPS) is 12.5. The number of imidazole rings is 1. The Morgan fingerprint density at radius 1 is 1.45 bits per heavy atom. The maximum absolute atomic E-state index is 13.7. The SMILES string of the molecule is C[C@H](CN(C)C(=O)c1cc(F)cc2[nH]cnc12)c1nccs1. The first kappa shape index (κ1) is 14.6. The minimum atomic E-state index is -0.457. The maximum Gasteiger partial charge on any atom is 0.255 e. The molecule has 1 aromatic carbocycles. The van der Waals surface area contributed by atoms with E-state index in [1.807, 2.05) is 12.3 Å². The van der Waals surface area contributed by atoms with Crippen LogP contribution in [0.25, 0.3) is 11.0 Å². The van der Waals surface area contributed by atoms with Crippen molar-refractivity contribution < 1.29 is 9.18 Å². The molecular formula is C15H15FN4OS. The number of carbonyl (C=O) groups is 1. The zero-order chi connectivity index (χ0) is 15.7. The molecule has 0 aliphatic carbocycles. The van der Waals surface area contributed by atoms with Crippen LogP contribution in [0.2, 0.25) is 0 Å². The molecule has 1 atom stereocenters. The van der Waals surface area contributed by atoms with Crippen molar-refractivity contribution in [1.82, 2.24) is 19.9 Å². The Morgan fingerprint density at radius 2 is 2.27 bits per heavy atom. The average Bonchev–Trinajstić information content (AvgIpc) is 3.16. The number of fused-ring (bicyclic) bond motifs is 1. The molecule has 0 unspecified atom stereocenters. The highest BCUT2D eigenvalue weighted by Gasteiger charge is 2.20. The Kier molecular flexibility index (Phi) is 3.89. The number of aromatic nitrogens is 3. The van der Waals surface area contributed by atoms with Crippen LogP contribution in [-0.4, -0.2) is 39.4 Å². The van der Waals surface area contributed by atoms with Gasteiger partial charge in [0.2, 0.25) is 0 Å². The average molecular weight is 318 g/mol. The quantitative estimate of drug-likeness (QED) is 0.804. The van der Waals surface area contributed by atoms with E-state index in [1.165, 1.54) is 18.5 Å². The van der Waals surface area contributed by atoms with Gasteiger partial charge in [-0.15, -0.1) is 11.3 Å². The number of rotatable bonds is 4. The molecule has 0 saturated heterocycles. The number of hydrogen-bond donors (Lipinski definition) is 1. The highest BCUT2D eigenvalue weighted by Crippen LogP contribution is 2.22. The molecule has 5 nitrogen and oxygen atoms in total. The van der Waals surface area contributed by atoms with Crippen molar-refractivity contribution >= 4 is 28.3 Å². The molecule has 0 aliphatic heterocycles. The van der Waals surface area contributed by atoms with Crippen molar-refractivity contribution in [3.63, 3.8) is 0 Å². The fraction of sp³-hybridized carbons (Fsp3) is 0.267. The van der Waals surface area contributed by atoms with Gasteiger partial charge in [0.25, 0.3) is 5.91 Å². The van der Waals surface area contributed by atoms with Crippen LogP contribution in [0.1, 0.15) is 28.2 Å². The summed E-state index contributed by atoms with van der Waals surface area (Å²) in [5.74, 6) is -0.585. The number of benzene rings is 1. The summed E-state index contributed by atoms with van der Waals surface area (Å²) in [6, 6.07) is 2.56. The van der Waals surface area contributed by atoms with E-state index in [2.05, 4.69) is 15.0 Å². The number of amides is 1. The van der Waals surface area contributed by atoms with Gasteiger partial charge in [-0.3, -0.25) is 4.79 Å². The zero-order valence-electron chi connectivity index (χ0n) is 12.2. The second-order valence-electron chi connectivity index (χ2n) is 5.21. The molecule has 3 rings (SSSR count). The number of carbonyl (C=O) groups excluding carboxylic acids is 1. The van der Waals surface area contributed by atoms with Crippen LogP contribution in [-0.2, 0) is 0 Å². The fourth-order valence-corrected chi connectivity index (χ4v) is 3.12. The lowest BCUT2D eigenvalue weighted by molar-refractivity contribution is 0.0789. The lowest BCUT2D eigenvalue weighted by Crippen LogP contribution is -2.30. The molecule has 0 bridgehead atoms. The molecule has 0 radical (unpaired) electrons. The third kappa shape index (κ3) is 2.71. The molecule has 0 saturated carbocycles. The number of hydrogen-bond acceptors (Lipinski definition) is 4. The number of likely N-dealkylation sites (N-methyl/N-ethyl adjacent to an activating group) is 1. The zero-order valence-corrected chi connectivity index (χ0v) is 13.0. The molecule has 0 fully saturated rings. The minimum Gasteiger partial charge on any atom is -0.344 e. The van der Waals surface area contributed by atoms with Crippen LogP contribution >= 0.6 is 11.3 Å². The summed E-state index contributed by atoms with van der Waals surface area (Å²) in [7, 11) is 1.70. The van der Waals surface area contributed by atoms with Crippen molar-refractivity contribution in [2.45, 2.75) is 12.8 Å². The van der Waals surface area contributed by atoms with Crippen LogP contribution in [0, 0.1) is 5.82 Å². The van der Waals surface area contributed by atoms with Crippen molar-refractivity contribution in [3.8, 4) is 0 Å². The van der Waals surface area contributed by atoms with Crippen LogP contribution in [0.5, 0.6) is 0 Å². The third-order valence-electron chi connectivity index (χ3n) is 3.49. The molecule has 114 valence electrons. The van der Waals surface area contributed by atoms with Gasteiger partial charge in [-0.25, -0.2) is 14.4 Å². The van der Waals surface area contributed by atoms with Gasteiger partial charge in [0.1, 0.15) is 11.3 Å². The summed E-state index contributed by atoms with van der Waals surface area (Å²) >= 11 is 1.56. The summed E-state index contributed by atoms with van der Waals surface area (Å²) < 4.78 is 13.7. The lowest BCUT2D eigenvalue weighted by atomic mass is 10.1. The lowest BCUT2D eigenvalue weighted by Gasteiger charge is -2.20. The van der Waals surface area contributed by atoms with Gasteiger partial charge in [0, 0.05) is 31.1 Å². The summed E-state index contributed by atoms with van der Waals surface area (Å²) in [5, 5.41) is 2.89. The third-order valence-corrected chi connectivity index (χ3v) is 4.49. The largest absolute Gasteiger partial charge is 0.344 e. The minimum absolute atomic E-state index is 0.122. The molecular weight excluding hydrogens is 303 g/mol. The second-order valence-corrected chi connectivity index (χ2v) is 6.14. The van der Waals surface area contributed by atoms with E-state index in [4.69, 9.17) is 0 Å². The van der Waals surface area contributed by atoms with Crippen molar-refractivity contribution in [1.29, 1.82) is 0 Å². The van der Waals surface area contributed by atoms with Gasteiger partial charge in [-0.05, 0) is 12.1 Å². The Labute approximate surface area is 130 Å². The number of aromatic amines is 1. The van der Waals surface area contributed by atoms with E-state index >= 15 is 0 Å². The number of halogens is 1. The predicted molar refractivity (Wildman–Crippen MR) is 83.5 cm³/mol. The van der Waals surface area contributed by atoms with Gasteiger partial charge in [-0.2, -0.15) is 0 Å². The van der Waals surface area contributed by atoms with Gasteiger partial charge in [-0.1, -0.05) is 6.92 Å². The molecule has 2 aromatic heterocycles. The molecule has 1 N–H and O–H groups in total. The summed E-state index contributed by atoms with van der Waals surface area (Å²) in [6.45, 7) is 2.52. The highest BCUT2D eigenvalue weighted by molar-refractivity contribution is 7.09. The van der Waals surface area contributed by atoms with E-state index in [0.717, 1.165) is 5.01 Å². The molecule has 1 amide bonds.